The van der Waals surface area contributed by atoms with Gasteiger partial charge in [0.2, 0.25) is 0 Å². The monoisotopic (exact) mass is 320 g/mol. The summed E-state index contributed by atoms with van der Waals surface area (Å²) in [6.45, 7) is 8.36. The molecule has 0 unspecified atom stereocenters. The van der Waals surface area contributed by atoms with Crippen molar-refractivity contribution in [2.45, 2.75) is 57.7 Å². The van der Waals surface area contributed by atoms with Gasteiger partial charge in [-0.3, -0.25) is 0 Å². The molecular formula is C18H22F2N2O. The molecule has 0 radical (unpaired) electrons. The highest BCUT2D eigenvalue weighted by molar-refractivity contribution is 5.33. The molecule has 0 amide bonds. The fourth-order valence-electron chi connectivity index (χ4n) is 3.64. The summed E-state index contributed by atoms with van der Waals surface area (Å²) in [4.78, 5) is 4.49. The number of hydrogen-bond acceptors (Lipinski definition) is 2. The summed E-state index contributed by atoms with van der Waals surface area (Å²) in [5.74, 6) is -1.42. The van der Waals surface area contributed by atoms with Crippen LogP contribution in [0.3, 0.4) is 0 Å². The van der Waals surface area contributed by atoms with E-state index in [0.717, 1.165) is 24.6 Å². The lowest BCUT2D eigenvalue weighted by molar-refractivity contribution is -0.162. The van der Waals surface area contributed by atoms with Crippen LogP contribution in [0.5, 0.6) is 0 Å². The van der Waals surface area contributed by atoms with Gasteiger partial charge in [0.15, 0.2) is 11.6 Å². The minimum atomic E-state index is -0.855. The zero-order valence-corrected chi connectivity index (χ0v) is 13.9. The number of hydrogen-bond donors (Lipinski definition) is 0. The zero-order valence-electron chi connectivity index (χ0n) is 13.9. The Morgan fingerprint density at radius 1 is 1.09 bits per heavy atom. The first kappa shape index (κ1) is 16.1. The molecule has 5 heteroatoms. The smallest absolute Gasteiger partial charge is 0.160 e. The van der Waals surface area contributed by atoms with Crippen LogP contribution < -0.4 is 0 Å². The molecule has 124 valence electrons. The second-order valence-electron chi connectivity index (χ2n) is 7.53. The molecule has 1 aromatic heterocycles. The normalized spacial score (nSPS) is 20.6. The zero-order chi connectivity index (χ0) is 16.8. The molecule has 2 aromatic rings. The van der Waals surface area contributed by atoms with Gasteiger partial charge in [-0.15, -0.1) is 0 Å². The van der Waals surface area contributed by atoms with Crippen LogP contribution in [-0.4, -0.2) is 20.8 Å². The lowest BCUT2D eigenvalue weighted by atomic mass is 9.79. The lowest BCUT2D eigenvalue weighted by Crippen LogP contribution is -2.44. The number of ether oxygens (including phenoxy) is 1. The number of benzene rings is 1. The average molecular weight is 320 g/mol. The highest BCUT2D eigenvalue weighted by atomic mass is 19.2. The number of imidazole rings is 1. The van der Waals surface area contributed by atoms with Crippen molar-refractivity contribution in [3.63, 3.8) is 0 Å². The number of aromatic nitrogens is 2. The average Bonchev–Trinajstić information content (AvgIpc) is 2.88. The third-order valence-electron chi connectivity index (χ3n) is 4.25. The van der Waals surface area contributed by atoms with E-state index in [2.05, 4.69) is 32.7 Å². The van der Waals surface area contributed by atoms with E-state index in [9.17, 15) is 8.78 Å². The molecule has 1 aliphatic rings. The summed E-state index contributed by atoms with van der Waals surface area (Å²) in [5.41, 5.74) is 1.10. The van der Waals surface area contributed by atoms with Gasteiger partial charge in [-0.25, -0.2) is 13.8 Å². The molecule has 3 rings (SSSR count). The first-order valence-corrected chi connectivity index (χ1v) is 7.85. The molecule has 0 saturated carbocycles. The molecule has 0 N–H and O–H groups in total. The second kappa shape index (κ2) is 5.41. The Labute approximate surface area is 135 Å². The Morgan fingerprint density at radius 3 is 2.35 bits per heavy atom. The van der Waals surface area contributed by atoms with Crippen LogP contribution in [0.25, 0.3) is 5.69 Å². The molecule has 0 aliphatic carbocycles. The van der Waals surface area contributed by atoms with Crippen molar-refractivity contribution in [3.05, 3.63) is 48.1 Å². The summed E-state index contributed by atoms with van der Waals surface area (Å²) in [7, 11) is 0. The lowest BCUT2D eigenvalue weighted by Gasteiger charge is -2.45. The van der Waals surface area contributed by atoms with Gasteiger partial charge in [-0.1, -0.05) is 0 Å². The van der Waals surface area contributed by atoms with Crippen molar-refractivity contribution in [1.29, 1.82) is 0 Å². The first-order chi connectivity index (χ1) is 10.7. The van der Waals surface area contributed by atoms with Gasteiger partial charge in [-0.2, -0.15) is 0 Å². The predicted octanol–water partition coefficient (Wildman–Crippen LogP) is 4.60. The van der Waals surface area contributed by atoms with Gasteiger partial charge >= 0.3 is 0 Å². The Bertz CT molecular complexity index is 706. The fraction of sp³-hybridized carbons (Fsp3) is 0.500. The van der Waals surface area contributed by atoms with Gasteiger partial charge in [0.25, 0.3) is 0 Å². The maximum Gasteiger partial charge on any atom is 0.160 e. The van der Waals surface area contributed by atoms with Gasteiger partial charge in [0, 0.05) is 23.9 Å². The topological polar surface area (TPSA) is 27.1 Å². The first-order valence-electron chi connectivity index (χ1n) is 7.85. The molecule has 1 saturated heterocycles. The Balaban J connectivity index is 1.88. The maximum absolute atomic E-state index is 13.4. The van der Waals surface area contributed by atoms with E-state index >= 15 is 0 Å². The molecule has 1 fully saturated rings. The Hall–Kier alpha value is -1.75. The minimum Gasteiger partial charge on any atom is -0.370 e. The maximum atomic E-state index is 13.4. The van der Waals surface area contributed by atoms with Gasteiger partial charge in [0.05, 0.1) is 23.2 Å². The predicted molar refractivity (Wildman–Crippen MR) is 84.7 cm³/mol. The largest absolute Gasteiger partial charge is 0.370 e. The van der Waals surface area contributed by atoms with Crippen molar-refractivity contribution in [2.75, 3.05) is 0 Å². The molecule has 0 spiro atoms. The number of halogens is 2. The van der Waals surface area contributed by atoms with E-state index in [1.54, 1.807) is 17.0 Å². The Kier molecular flexibility index (Phi) is 3.79. The van der Waals surface area contributed by atoms with Crippen molar-refractivity contribution in [1.82, 2.24) is 9.55 Å². The second-order valence-corrected chi connectivity index (χ2v) is 7.53. The summed E-state index contributed by atoms with van der Waals surface area (Å²) in [5, 5.41) is 0. The molecule has 2 heterocycles. The Morgan fingerprint density at radius 2 is 1.74 bits per heavy atom. The van der Waals surface area contributed by atoms with Crippen LogP contribution in [0, 0.1) is 11.6 Å². The summed E-state index contributed by atoms with van der Waals surface area (Å²) >= 11 is 0. The fourth-order valence-corrected chi connectivity index (χ4v) is 3.64. The van der Waals surface area contributed by atoms with Crippen LogP contribution in [-0.2, 0) is 4.74 Å². The molecular weight excluding hydrogens is 298 g/mol. The quantitative estimate of drug-likeness (QED) is 0.808. The van der Waals surface area contributed by atoms with E-state index in [4.69, 9.17) is 4.74 Å². The molecule has 1 aliphatic heterocycles. The van der Waals surface area contributed by atoms with Crippen molar-refractivity contribution in [3.8, 4) is 5.69 Å². The van der Waals surface area contributed by atoms with Crippen LogP contribution in [0.4, 0.5) is 8.78 Å². The van der Waals surface area contributed by atoms with Crippen molar-refractivity contribution < 1.29 is 13.5 Å². The van der Waals surface area contributed by atoms with E-state index < -0.39 is 11.6 Å². The number of rotatable bonds is 2. The highest BCUT2D eigenvalue weighted by Gasteiger charge is 2.40. The summed E-state index contributed by atoms with van der Waals surface area (Å²) in [6, 6.07) is 3.85. The van der Waals surface area contributed by atoms with Crippen LogP contribution >= 0.6 is 0 Å². The van der Waals surface area contributed by atoms with Gasteiger partial charge in [-0.05, 0) is 52.7 Å². The van der Waals surface area contributed by atoms with E-state index in [1.807, 2.05) is 6.20 Å². The van der Waals surface area contributed by atoms with E-state index in [1.165, 1.54) is 6.07 Å². The summed E-state index contributed by atoms with van der Waals surface area (Å²) in [6.07, 6.45) is 5.31. The third kappa shape index (κ3) is 3.44. The molecule has 23 heavy (non-hydrogen) atoms. The van der Waals surface area contributed by atoms with Gasteiger partial charge < -0.3 is 9.30 Å². The minimum absolute atomic E-state index is 0.210. The van der Waals surface area contributed by atoms with Crippen LogP contribution in [0.1, 0.15) is 52.1 Å². The van der Waals surface area contributed by atoms with E-state index in [-0.39, 0.29) is 17.1 Å². The third-order valence-corrected chi connectivity index (χ3v) is 4.25. The standard InChI is InChI=1S/C18H22F2N2O/c1-17(2)8-12(9-18(3,4)23-17)16-10-22(11-21-16)13-5-6-14(19)15(20)7-13/h5-7,10-12H,8-9H2,1-4H3. The van der Waals surface area contributed by atoms with Crippen molar-refractivity contribution in [2.24, 2.45) is 0 Å². The van der Waals surface area contributed by atoms with Crippen LogP contribution in [0.2, 0.25) is 0 Å². The molecule has 0 bridgehead atoms. The number of nitrogens with zero attached hydrogens (tertiary/aromatic N) is 2. The molecule has 1 aromatic carbocycles. The SMILES string of the molecule is CC1(C)CC(c2cn(-c3ccc(F)c(F)c3)cn2)CC(C)(C)O1. The highest BCUT2D eigenvalue weighted by Crippen LogP contribution is 2.42. The summed E-state index contributed by atoms with van der Waals surface area (Å²) < 4.78 is 34.3. The van der Waals surface area contributed by atoms with Crippen molar-refractivity contribution >= 4 is 0 Å². The van der Waals surface area contributed by atoms with Gasteiger partial charge in [0.1, 0.15) is 0 Å². The molecule has 0 atom stereocenters. The van der Waals surface area contributed by atoms with E-state index in [0.29, 0.717) is 5.69 Å². The molecule has 3 nitrogen and oxygen atoms in total. The van der Waals surface area contributed by atoms with Crippen LogP contribution in [0.15, 0.2) is 30.7 Å².